The molecule has 1 rings (SSSR count). The topological polar surface area (TPSA) is 84.2 Å². The molecule has 0 aliphatic rings. The van der Waals surface area contributed by atoms with Crippen LogP contribution in [0.1, 0.15) is 35.5 Å². The summed E-state index contributed by atoms with van der Waals surface area (Å²) in [6, 6.07) is 1.54. The van der Waals surface area contributed by atoms with E-state index < -0.39 is 5.91 Å². The molecule has 6 heteroatoms. The highest BCUT2D eigenvalue weighted by Crippen LogP contribution is 2.15. The van der Waals surface area contributed by atoms with E-state index in [-0.39, 0.29) is 11.9 Å². The van der Waals surface area contributed by atoms with Crippen molar-refractivity contribution < 1.29 is 9.59 Å². The second-order valence-corrected chi connectivity index (χ2v) is 5.84. The zero-order valence-corrected chi connectivity index (χ0v) is 12.3. The molecule has 0 aromatic carbocycles. The molecule has 1 atom stereocenters. The Morgan fingerprint density at radius 3 is 2.58 bits per heavy atom. The number of nitrogens with one attached hydrogen (secondary N) is 2. The van der Waals surface area contributed by atoms with Gasteiger partial charge >= 0.3 is 0 Å². The number of likely N-dealkylation sites (N-methyl/N-ethyl adjacent to an activating group) is 1. The Morgan fingerprint density at radius 1 is 1.42 bits per heavy atom. The van der Waals surface area contributed by atoms with Gasteiger partial charge in [-0.05, 0) is 18.4 Å². The number of rotatable bonds is 7. The van der Waals surface area contributed by atoms with Crippen molar-refractivity contribution in [1.29, 1.82) is 0 Å². The molecule has 0 saturated carbocycles. The van der Waals surface area contributed by atoms with E-state index in [1.54, 1.807) is 18.5 Å². The number of carbonyl (C=O) groups excluding carboxylic acids is 2. The minimum Gasteiger partial charge on any atom is -0.366 e. The monoisotopic (exact) mass is 283 g/mol. The van der Waals surface area contributed by atoms with E-state index in [0.29, 0.717) is 18.0 Å². The summed E-state index contributed by atoms with van der Waals surface area (Å²) in [6.45, 7) is 4.71. The summed E-state index contributed by atoms with van der Waals surface area (Å²) in [4.78, 5) is 23.7. The predicted molar refractivity (Wildman–Crippen MR) is 77.0 cm³/mol. The van der Waals surface area contributed by atoms with Crippen LogP contribution in [0.3, 0.4) is 0 Å². The lowest BCUT2D eigenvalue weighted by Gasteiger charge is -2.18. The number of amides is 2. The molecule has 4 N–H and O–H groups in total. The zero-order valence-electron chi connectivity index (χ0n) is 11.5. The second-order valence-electron chi connectivity index (χ2n) is 4.84. The first kappa shape index (κ1) is 15.7. The number of primary amides is 1. The molecule has 2 amide bonds. The molecule has 1 aromatic heterocycles. The molecule has 0 bridgehead atoms. The summed E-state index contributed by atoms with van der Waals surface area (Å²) >= 11 is 1.46. The average Bonchev–Trinajstić information content (AvgIpc) is 2.82. The van der Waals surface area contributed by atoms with E-state index in [9.17, 15) is 9.59 Å². The molecular formula is C13H21N3O2S. The van der Waals surface area contributed by atoms with Crippen molar-refractivity contribution in [2.75, 3.05) is 7.05 Å². The molecule has 1 heterocycles. The van der Waals surface area contributed by atoms with Gasteiger partial charge in [-0.1, -0.05) is 13.8 Å². The van der Waals surface area contributed by atoms with Crippen LogP contribution < -0.4 is 16.4 Å². The van der Waals surface area contributed by atoms with Gasteiger partial charge in [0.2, 0.25) is 11.8 Å². The van der Waals surface area contributed by atoms with Crippen LogP contribution in [0.5, 0.6) is 0 Å². The number of carbonyl (C=O) groups is 2. The smallest absolute Gasteiger partial charge is 0.249 e. The average molecular weight is 283 g/mol. The third-order valence-electron chi connectivity index (χ3n) is 2.73. The van der Waals surface area contributed by atoms with Gasteiger partial charge in [0, 0.05) is 23.8 Å². The Morgan fingerprint density at radius 2 is 2.11 bits per heavy atom. The van der Waals surface area contributed by atoms with Crippen LogP contribution in [0.15, 0.2) is 11.4 Å². The van der Waals surface area contributed by atoms with Crippen molar-refractivity contribution >= 4 is 23.2 Å². The van der Waals surface area contributed by atoms with Gasteiger partial charge in [0.1, 0.15) is 0 Å². The molecule has 106 valence electrons. The van der Waals surface area contributed by atoms with Gasteiger partial charge in [0.25, 0.3) is 0 Å². The van der Waals surface area contributed by atoms with E-state index in [4.69, 9.17) is 5.73 Å². The largest absolute Gasteiger partial charge is 0.366 e. The molecule has 0 fully saturated rings. The number of thiophene rings is 1. The molecule has 0 aliphatic carbocycles. The highest BCUT2D eigenvalue weighted by atomic mass is 32.1. The molecule has 1 unspecified atom stereocenters. The normalized spacial score (nSPS) is 12.4. The maximum absolute atomic E-state index is 11.7. The van der Waals surface area contributed by atoms with Gasteiger partial charge in [0.05, 0.1) is 11.6 Å². The predicted octanol–water partition coefficient (Wildman–Crippen LogP) is 1.10. The van der Waals surface area contributed by atoms with Gasteiger partial charge in [-0.3, -0.25) is 9.59 Å². The minimum absolute atomic E-state index is 0.0135. The Bertz CT molecular complexity index is 443. The molecule has 1 aromatic rings. The lowest BCUT2D eigenvalue weighted by atomic mass is 10.0. The third kappa shape index (κ3) is 5.00. The Balaban J connectivity index is 2.59. The van der Waals surface area contributed by atoms with Crippen molar-refractivity contribution in [3.8, 4) is 0 Å². The van der Waals surface area contributed by atoms with E-state index >= 15 is 0 Å². The highest BCUT2D eigenvalue weighted by Gasteiger charge is 2.18. The van der Waals surface area contributed by atoms with Gasteiger partial charge in [-0.2, -0.15) is 0 Å². The summed E-state index contributed by atoms with van der Waals surface area (Å²) in [5.41, 5.74) is 5.72. The first-order chi connectivity index (χ1) is 8.93. The zero-order chi connectivity index (χ0) is 14.4. The van der Waals surface area contributed by atoms with Gasteiger partial charge in [-0.25, -0.2) is 0 Å². The fourth-order valence-electron chi connectivity index (χ4n) is 1.76. The quantitative estimate of drug-likeness (QED) is 0.700. The van der Waals surface area contributed by atoms with E-state index in [1.165, 1.54) is 11.3 Å². The van der Waals surface area contributed by atoms with Crippen molar-refractivity contribution in [1.82, 2.24) is 10.6 Å². The summed E-state index contributed by atoms with van der Waals surface area (Å²) in [6.07, 6.45) is 0.772. The molecule has 0 radical (unpaired) electrons. The minimum atomic E-state index is -0.424. The fraction of sp³-hybridized carbons (Fsp3) is 0.538. The van der Waals surface area contributed by atoms with Crippen molar-refractivity contribution in [3.63, 3.8) is 0 Å². The van der Waals surface area contributed by atoms with Crippen molar-refractivity contribution in [3.05, 3.63) is 21.9 Å². The molecule has 19 heavy (non-hydrogen) atoms. The number of nitrogens with two attached hydrogens (primary N) is 1. The molecule has 0 spiro atoms. The Hall–Kier alpha value is -1.40. The van der Waals surface area contributed by atoms with Gasteiger partial charge in [0.15, 0.2) is 0 Å². The SMILES string of the molecule is CNC(=O)C(CC(C)C)NCc1cc(C(N)=O)cs1. The first-order valence-corrected chi connectivity index (χ1v) is 7.14. The Kier molecular flexibility index (Phi) is 5.98. The summed E-state index contributed by atoms with van der Waals surface area (Å²) in [5.74, 6) is -0.00720. The van der Waals surface area contributed by atoms with Gasteiger partial charge < -0.3 is 16.4 Å². The molecular weight excluding hydrogens is 262 g/mol. The third-order valence-corrected chi connectivity index (χ3v) is 3.67. The van der Waals surface area contributed by atoms with Crippen LogP contribution in [0.4, 0.5) is 0 Å². The lowest BCUT2D eigenvalue weighted by Crippen LogP contribution is -2.43. The fourth-order valence-corrected chi connectivity index (χ4v) is 2.58. The number of hydrogen-bond acceptors (Lipinski definition) is 4. The van der Waals surface area contributed by atoms with Crippen LogP contribution in [0.25, 0.3) is 0 Å². The van der Waals surface area contributed by atoms with E-state index in [1.807, 2.05) is 0 Å². The second kappa shape index (κ2) is 7.25. The van der Waals surface area contributed by atoms with Crippen molar-refractivity contribution in [2.24, 2.45) is 11.7 Å². The number of hydrogen-bond donors (Lipinski definition) is 3. The van der Waals surface area contributed by atoms with Crippen LogP contribution >= 0.6 is 11.3 Å². The first-order valence-electron chi connectivity index (χ1n) is 6.26. The molecule has 5 nitrogen and oxygen atoms in total. The standard InChI is InChI=1S/C13H21N3O2S/c1-8(2)4-11(13(18)15-3)16-6-10-5-9(7-19-10)12(14)17/h5,7-8,11,16H,4,6H2,1-3H3,(H2,14,17)(H,15,18). The van der Waals surface area contributed by atoms with Crippen LogP contribution in [-0.4, -0.2) is 24.9 Å². The summed E-state index contributed by atoms with van der Waals surface area (Å²) in [7, 11) is 1.63. The Labute approximate surface area is 117 Å². The summed E-state index contributed by atoms with van der Waals surface area (Å²) in [5, 5.41) is 7.61. The maximum Gasteiger partial charge on any atom is 0.249 e. The summed E-state index contributed by atoms with van der Waals surface area (Å²) < 4.78 is 0. The van der Waals surface area contributed by atoms with E-state index in [2.05, 4.69) is 24.5 Å². The lowest BCUT2D eigenvalue weighted by molar-refractivity contribution is -0.123. The van der Waals surface area contributed by atoms with Crippen molar-refractivity contribution in [2.45, 2.75) is 32.9 Å². The maximum atomic E-state index is 11.7. The molecule has 0 saturated heterocycles. The molecule has 0 aliphatic heterocycles. The van der Waals surface area contributed by atoms with Gasteiger partial charge in [-0.15, -0.1) is 11.3 Å². The van der Waals surface area contributed by atoms with Crippen LogP contribution in [-0.2, 0) is 11.3 Å². The highest BCUT2D eigenvalue weighted by molar-refractivity contribution is 7.10. The van der Waals surface area contributed by atoms with Crippen LogP contribution in [0.2, 0.25) is 0 Å². The van der Waals surface area contributed by atoms with Crippen LogP contribution in [0, 0.1) is 5.92 Å². The van der Waals surface area contributed by atoms with E-state index in [0.717, 1.165) is 11.3 Å².